The van der Waals surface area contributed by atoms with Crippen LogP contribution in [0.3, 0.4) is 0 Å². The van der Waals surface area contributed by atoms with E-state index in [9.17, 15) is 18.7 Å². The summed E-state index contributed by atoms with van der Waals surface area (Å²) in [6, 6.07) is 13.9. The summed E-state index contributed by atoms with van der Waals surface area (Å²) in [5, 5.41) is 9.52. The minimum atomic E-state index is -1.27. The van der Waals surface area contributed by atoms with Crippen molar-refractivity contribution in [3.05, 3.63) is 112 Å². The Morgan fingerprint density at radius 3 is 2.44 bits per heavy atom. The molecule has 2 bridgehead atoms. The number of imidazole rings is 1. The summed E-state index contributed by atoms with van der Waals surface area (Å²) < 4.78 is 72.6. The van der Waals surface area contributed by atoms with E-state index < -0.39 is 34.8 Å². The predicted molar refractivity (Wildman–Crippen MR) is 156 cm³/mol. The van der Waals surface area contributed by atoms with Gasteiger partial charge in [-0.2, -0.15) is 0 Å². The number of aromatic nitrogens is 3. The first-order chi connectivity index (χ1) is 21.6. The topological polar surface area (TPSA) is 86.5 Å². The molecule has 45 heavy (non-hydrogen) atoms. The van der Waals surface area contributed by atoms with E-state index in [4.69, 9.17) is 9.47 Å². The highest BCUT2D eigenvalue weighted by molar-refractivity contribution is 5.92. The highest BCUT2D eigenvalue weighted by Gasteiger charge is 2.52. The molecule has 5 aromatic rings. The molecule has 1 saturated carbocycles. The minimum absolute atomic E-state index is 0.00450. The van der Waals surface area contributed by atoms with Gasteiger partial charge >= 0.3 is 5.97 Å². The zero-order chi connectivity index (χ0) is 31.5. The first kappa shape index (κ1) is 29.0. The van der Waals surface area contributed by atoms with Crippen LogP contribution in [-0.2, 0) is 24.3 Å². The second-order valence-electron chi connectivity index (χ2n) is 11.9. The summed E-state index contributed by atoms with van der Waals surface area (Å²) >= 11 is 0. The molecule has 2 aliphatic heterocycles. The Kier molecular flexibility index (Phi) is 7.07. The Bertz CT molecular complexity index is 1980. The molecule has 8 rings (SSSR count). The molecular weight excluding hydrogens is 590 g/mol. The molecule has 1 aliphatic carbocycles. The number of carboxylic acid groups (broad SMARTS) is 1. The molecular formula is C34H27F4N3O4. The maximum atomic E-state index is 15.6. The second kappa shape index (κ2) is 11.0. The van der Waals surface area contributed by atoms with Gasteiger partial charge in [0.15, 0.2) is 11.6 Å². The van der Waals surface area contributed by atoms with Crippen LogP contribution in [0.5, 0.6) is 5.88 Å². The number of carboxylic acids is 1. The van der Waals surface area contributed by atoms with Crippen molar-refractivity contribution in [1.29, 1.82) is 0 Å². The Hall–Kier alpha value is -4.77. The number of pyridine rings is 1. The fourth-order valence-electron chi connectivity index (χ4n) is 6.27. The van der Waals surface area contributed by atoms with Crippen molar-refractivity contribution in [1.82, 2.24) is 14.5 Å². The normalized spacial score (nSPS) is 18.7. The molecule has 0 atom stereocenters. The lowest BCUT2D eigenvalue weighted by Crippen LogP contribution is -2.41. The van der Waals surface area contributed by atoms with Crippen LogP contribution in [0.2, 0.25) is 0 Å². The summed E-state index contributed by atoms with van der Waals surface area (Å²) in [6.07, 6.45) is 1.68. The van der Waals surface area contributed by atoms with Gasteiger partial charge in [0.25, 0.3) is 5.88 Å². The number of nitrogens with zero attached hydrogens (tertiary/aromatic N) is 3. The Labute approximate surface area is 255 Å². The SMILES string of the molecule is Cc1ccc(COc2nc(-c3ccc(Cc4nc5c(F)cc(C(=O)O)cc5n4CC45CC(CO4)C5)c(F)c3)ccc2F)c(F)c1. The molecule has 11 heteroatoms. The van der Waals surface area contributed by atoms with Gasteiger partial charge in [-0.3, -0.25) is 0 Å². The van der Waals surface area contributed by atoms with Crippen LogP contribution in [0, 0.1) is 36.1 Å². The van der Waals surface area contributed by atoms with Gasteiger partial charge in [0.05, 0.1) is 35.5 Å². The third-order valence-electron chi connectivity index (χ3n) is 8.61. The van der Waals surface area contributed by atoms with Crippen molar-refractivity contribution in [2.24, 2.45) is 5.92 Å². The third-order valence-corrected chi connectivity index (χ3v) is 8.61. The molecule has 230 valence electrons. The Morgan fingerprint density at radius 2 is 1.73 bits per heavy atom. The maximum Gasteiger partial charge on any atom is 0.335 e. The largest absolute Gasteiger partial charge is 0.478 e. The van der Waals surface area contributed by atoms with Crippen LogP contribution in [0.1, 0.15) is 45.7 Å². The standard InChI is InChI=1S/C34H27F4N3O4/c1-18-2-3-22(25(36)8-18)16-44-32-24(35)6-7-28(39-32)21-5-4-20(26(37)9-21)12-30-40-31-27(38)10-23(33(42)43)11-29(31)41(30)17-34-13-19(14-34)15-45-34/h2-11,19H,12-17H2,1H3,(H,42,43). The number of fused-ring (bicyclic) bond motifs is 2. The molecule has 1 N–H and O–H groups in total. The number of halogens is 4. The van der Waals surface area contributed by atoms with Gasteiger partial charge < -0.3 is 19.1 Å². The lowest BCUT2D eigenvalue weighted by molar-refractivity contribution is -0.0132. The lowest BCUT2D eigenvalue weighted by atomic mass is 9.74. The van der Waals surface area contributed by atoms with Crippen molar-refractivity contribution in [3.8, 4) is 17.1 Å². The third kappa shape index (κ3) is 5.41. The summed E-state index contributed by atoms with van der Waals surface area (Å²) in [5.41, 5.74) is 1.50. The molecule has 2 aromatic heterocycles. The van der Waals surface area contributed by atoms with E-state index in [0.29, 0.717) is 36.0 Å². The quantitative estimate of drug-likeness (QED) is 0.179. The zero-order valence-electron chi connectivity index (χ0n) is 24.1. The van der Waals surface area contributed by atoms with E-state index in [-0.39, 0.29) is 46.8 Å². The van der Waals surface area contributed by atoms with Gasteiger partial charge in [-0.15, -0.1) is 0 Å². The van der Waals surface area contributed by atoms with Crippen molar-refractivity contribution in [3.63, 3.8) is 0 Å². The summed E-state index contributed by atoms with van der Waals surface area (Å²) in [6.45, 7) is 2.49. The Morgan fingerprint density at radius 1 is 0.956 bits per heavy atom. The van der Waals surface area contributed by atoms with Crippen LogP contribution in [0.25, 0.3) is 22.3 Å². The fourth-order valence-corrected chi connectivity index (χ4v) is 6.27. The van der Waals surface area contributed by atoms with Crippen LogP contribution in [0.4, 0.5) is 17.6 Å². The highest BCUT2D eigenvalue weighted by atomic mass is 19.1. The molecule has 0 spiro atoms. The highest BCUT2D eigenvalue weighted by Crippen LogP contribution is 2.49. The average molecular weight is 618 g/mol. The zero-order valence-corrected chi connectivity index (χ0v) is 24.1. The summed E-state index contributed by atoms with van der Waals surface area (Å²) in [4.78, 5) is 20.3. The first-order valence-electron chi connectivity index (χ1n) is 14.5. The lowest BCUT2D eigenvalue weighted by Gasteiger charge is -2.36. The van der Waals surface area contributed by atoms with Gasteiger partial charge in [0.1, 0.15) is 29.6 Å². The number of rotatable bonds is 9. The van der Waals surface area contributed by atoms with Crippen LogP contribution < -0.4 is 4.74 Å². The number of aromatic carboxylic acids is 1. The average Bonchev–Trinajstić information content (AvgIpc) is 3.68. The fraction of sp³-hybridized carbons (Fsp3) is 0.265. The number of hydrogen-bond donors (Lipinski definition) is 1. The number of hydrogen-bond acceptors (Lipinski definition) is 5. The molecule has 2 saturated heterocycles. The molecule has 0 radical (unpaired) electrons. The van der Waals surface area contributed by atoms with E-state index >= 15 is 8.78 Å². The van der Waals surface area contributed by atoms with E-state index in [0.717, 1.165) is 30.5 Å². The molecule has 3 fully saturated rings. The first-order valence-corrected chi connectivity index (χ1v) is 14.5. The number of aryl methyl sites for hydroxylation is 1. The Balaban J connectivity index is 1.17. The smallest absolute Gasteiger partial charge is 0.335 e. The van der Waals surface area contributed by atoms with E-state index in [2.05, 4.69) is 9.97 Å². The van der Waals surface area contributed by atoms with Crippen LogP contribution in [-0.4, -0.2) is 37.8 Å². The molecule has 3 aromatic carbocycles. The van der Waals surface area contributed by atoms with Crippen LogP contribution >= 0.6 is 0 Å². The molecule has 7 nitrogen and oxygen atoms in total. The minimum Gasteiger partial charge on any atom is -0.478 e. The van der Waals surface area contributed by atoms with Gasteiger partial charge in [-0.1, -0.05) is 24.3 Å². The molecule has 4 heterocycles. The van der Waals surface area contributed by atoms with Gasteiger partial charge in [0, 0.05) is 17.5 Å². The van der Waals surface area contributed by atoms with E-state index in [1.165, 1.54) is 24.3 Å². The summed E-state index contributed by atoms with van der Waals surface area (Å²) in [7, 11) is 0. The van der Waals surface area contributed by atoms with Crippen molar-refractivity contribution >= 4 is 17.0 Å². The van der Waals surface area contributed by atoms with Crippen molar-refractivity contribution < 1.29 is 36.9 Å². The number of benzene rings is 3. The number of carbonyl (C=O) groups is 1. The van der Waals surface area contributed by atoms with Crippen molar-refractivity contribution in [2.45, 2.75) is 44.9 Å². The number of ether oxygens (including phenoxy) is 2. The van der Waals surface area contributed by atoms with Gasteiger partial charge in [-0.25, -0.2) is 32.3 Å². The molecule has 0 amide bonds. The van der Waals surface area contributed by atoms with Crippen molar-refractivity contribution in [2.75, 3.05) is 6.61 Å². The van der Waals surface area contributed by atoms with Crippen LogP contribution in [0.15, 0.2) is 60.7 Å². The predicted octanol–water partition coefficient (Wildman–Crippen LogP) is 7.01. The molecule has 0 unspecified atom stereocenters. The monoisotopic (exact) mass is 617 g/mol. The molecule has 3 aliphatic rings. The van der Waals surface area contributed by atoms with E-state index in [1.54, 1.807) is 35.8 Å². The van der Waals surface area contributed by atoms with Gasteiger partial charge in [-0.05, 0) is 73.2 Å². The van der Waals surface area contributed by atoms with E-state index in [1.807, 2.05) is 0 Å². The summed E-state index contributed by atoms with van der Waals surface area (Å²) in [5.74, 6) is -3.37. The second-order valence-corrected chi connectivity index (χ2v) is 11.9. The van der Waals surface area contributed by atoms with Gasteiger partial charge in [0.2, 0.25) is 0 Å². The maximum absolute atomic E-state index is 15.6.